The molecule has 2 atom stereocenters. The summed E-state index contributed by atoms with van der Waals surface area (Å²) in [7, 11) is 0. The predicted molar refractivity (Wildman–Crippen MR) is 85.0 cm³/mol. The molecule has 0 amide bonds. The third-order valence-electron chi connectivity index (χ3n) is 4.96. The minimum Gasteiger partial charge on any atom is -0.396 e. The van der Waals surface area contributed by atoms with Gasteiger partial charge in [-0.05, 0) is 32.6 Å². The summed E-state index contributed by atoms with van der Waals surface area (Å²) in [5.74, 6) is 0.952. The van der Waals surface area contributed by atoms with E-state index >= 15 is 0 Å². The van der Waals surface area contributed by atoms with E-state index in [1.807, 2.05) is 0 Å². The van der Waals surface area contributed by atoms with Gasteiger partial charge < -0.3 is 24.8 Å². The SMILES string of the molecule is CCNC(=NCC1(CO)CC1)N1CCOC(C2CCCO2)C1. The highest BCUT2D eigenvalue weighted by atomic mass is 16.5. The van der Waals surface area contributed by atoms with Gasteiger partial charge in [-0.15, -0.1) is 0 Å². The number of aliphatic imine (C=N–C) groups is 1. The van der Waals surface area contributed by atoms with Crippen LogP contribution >= 0.6 is 0 Å². The molecule has 2 aliphatic heterocycles. The summed E-state index contributed by atoms with van der Waals surface area (Å²) in [4.78, 5) is 7.06. The molecule has 0 aromatic heterocycles. The second-order valence-electron chi connectivity index (χ2n) is 6.74. The number of rotatable bonds is 5. The van der Waals surface area contributed by atoms with Crippen molar-refractivity contribution < 1.29 is 14.6 Å². The smallest absolute Gasteiger partial charge is 0.194 e. The highest BCUT2D eigenvalue weighted by Gasteiger charge is 2.42. The van der Waals surface area contributed by atoms with Crippen LogP contribution in [0.3, 0.4) is 0 Å². The normalized spacial score (nSPS) is 31.4. The lowest BCUT2D eigenvalue weighted by Gasteiger charge is -2.37. The molecule has 2 N–H and O–H groups in total. The maximum atomic E-state index is 9.46. The van der Waals surface area contributed by atoms with Gasteiger partial charge in [0.05, 0.1) is 25.9 Å². The number of hydrogen-bond acceptors (Lipinski definition) is 4. The molecule has 6 nitrogen and oxygen atoms in total. The first-order chi connectivity index (χ1) is 10.8. The van der Waals surface area contributed by atoms with Crippen LogP contribution in [0, 0.1) is 5.41 Å². The van der Waals surface area contributed by atoms with Gasteiger partial charge in [0.2, 0.25) is 0 Å². The number of nitrogens with one attached hydrogen (secondary N) is 1. The monoisotopic (exact) mass is 311 g/mol. The van der Waals surface area contributed by atoms with Crippen LogP contribution in [0.5, 0.6) is 0 Å². The molecule has 3 rings (SSSR count). The summed E-state index contributed by atoms with van der Waals surface area (Å²) < 4.78 is 11.7. The maximum Gasteiger partial charge on any atom is 0.194 e. The van der Waals surface area contributed by atoms with Crippen LogP contribution in [-0.4, -0.2) is 74.2 Å². The number of aliphatic hydroxyl groups is 1. The predicted octanol–water partition coefficient (Wildman–Crippen LogP) is 0.604. The molecule has 0 bridgehead atoms. The van der Waals surface area contributed by atoms with Crippen LogP contribution in [0.1, 0.15) is 32.6 Å². The van der Waals surface area contributed by atoms with Crippen LogP contribution in [0.2, 0.25) is 0 Å². The zero-order valence-electron chi connectivity index (χ0n) is 13.6. The molecule has 0 spiro atoms. The Kier molecular flexibility index (Phi) is 5.21. The van der Waals surface area contributed by atoms with Crippen LogP contribution in [0.15, 0.2) is 4.99 Å². The molecule has 3 fully saturated rings. The van der Waals surface area contributed by atoms with E-state index in [2.05, 4.69) is 17.1 Å². The number of guanidine groups is 1. The van der Waals surface area contributed by atoms with Crippen LogP contribution in [0.4, 0.5) is 0 Å². The maximum absolute atomic E-state index is 9.46. The molecule has 2 heterocycles. The molecular weight excluding hydrogens is 282 g/mol. The second-order valence-corrected chi connectivity index (χ2v) is 6.74. The van der Waals surface area contributed by atoms with E-state index in [1.165, 1.54) is 0 Å². The molecule has 2 unspecified atom stereocenters. The van der Waals surface area contributed by atoms with E-state index in [1.54, 1.807) is 0 Å². The van der Waals surface area contributed by atoms with Crippen LogP contribution in [0.25, 0.3) is 0 Å². The highest BCUT2D eigenvalue weighted by molar-refractivity contribution is 5.80. The quantitative estimate of drug-likeness (QED) is 0.575. The van der Waals surface area contributed by atoms with Gasteiger partial charge in [-0.2, -0.15) is 0 Å². The average molecular weight is 311 g/mol. The van der Waals surface area contributed by atoms with Crippen molar-refractivity contribution in [2.75, 3.05) is 46.0 Å². The Balaban J connectivity index is 1.61. The van der Waals surface area contributed by atoms with Crippen molar-refractivity contribution in [3.63, 3.8) is 0 Å². The van der Waals surface area contributed by atoms with Gasteiger partial charge in [0, 0.05) is 31.7 Å². The summed E-state index contributed by atoms with van der Waals surface area (Å²) in [5.41, 5.74) is 0.0565. The summed E-state index contributed by atoms with van der Waals surface area (Å²) in [5, 5.41) is 12.8. The lowest BCUT2D eigenvalue weighted by atomic mass is 10.1. The fourth-order valence-corrected chi connectivity index (χ4v) is 3.20. The highest BCUT2D eigenvalue weighted by Crippen LogP contribution is 2.45. The van der Waals surface area contributed by atoms with E-state index < -0.39 is 0 Å². The molecule has 3 aliphatic rings. The topological polar surface area (TPSA) is 66.3 Å². The van der Waals surface area contributed by atoms with Crippen molar-refractivity contribution in [1.29, 1.82) is 0 Å². The van der Waals surface area contributed by atoms with Crippen molar-refractivity contribution in [1.82, 2.24) is 10.2 Å². The van der Waals surface area contributed by atoms with Crippen LogP contribution in [-0.2, 0) is 9.47 Å². The van der Waals surface area contributed by atoms with Crippen molar-refractivity contribution in [2.24, 2.45) is 10.4 Å². The molecule has 6 heteroatoms. The Bertz CT molecular complexity index is 392. The van der Waals surface area contributed by atoms with Crippen LogP contribution < -0.4 is 5.32 Å². The fraction of sp³-hybridized carbons (Fsp3) is 0.938. The number of aliphatic hydroxyl groups excluding tert-OH is 1. The van der Waals surface area contributed by atoms with Gasteiger partial charge in [-0.3, -0.25) is 4.99 Å². The Morgan fingerprint density at radius 2 is 2.14 bits per heavy atom. The van der Waals surface area contributed by atoms with Crippen molar-refractivity contribution in [3.05, 3.63) is 0 Å². The van der Waals surface area contributed by atoms with Gasteiger partial charge in [-0.1, -0.05) is 0 Å². The van der Waals surface area contributed by atoms with Gasteiger partial charge in [0.1, 0.15) is 6.10 Å². The molecule has 2 saturated heterocycles. The first-order valence-electron chi connectivity index (χ1n) is 8.64. The summed E-state index contributed by atoms with van der Waals surface area (Å²) in [6.45, 7) is 7.19. The minimum atomic E-state index is 0.0565. The van der Waals surface area contributed by atoms with E-state index in [-0.39, 0.29) is 24.2 Å². The van der Waals surface area contributed by atoms with E-state index in [9.17, 15) is 5.11 Å². The molecular formula is C16H29N3O3. The molecule has 1 aliphatic carbocycles. The zero-order valence-corrected chi connectivity index (χ0v) is 13.6. The Morgan fingerprint density at radius 1 is 1.32 bits per heavy atom. The Labute approximate surface area is 132 Å². The Morgan fingerprint density at radius 3 is 2.77 bits per heavy atom. The molecule has 126 valence electrons. The second kappa shape index (κ2) is 7.15. The number of morpholine rings is 1. The zero-order chi connectivity index (χ0) is 15.4. The Hall–Kier alpha value is -0.850. The molecule has 22 heavy (non-hydrogen) atoms. The minimum absolute atomic E-state index is 0.0565. The van der Waals surface area contributed by atoms with Crippen molar-refractivity contribution >= 4 is 5.96 Å². The number of ether oxygens (including phenoxy) is 2. The van der Waals surface area contributed by atoms with Gasteiger partial charge in [-0.25, -0.2) is 0 Å². The molecule has 0 aromatic carbocycles. The standard InChI is InChI=1S/C16H29N3O3/c1-2-17-15(18-11-16(12-20)5-6-16)19-7-9-22-14(10-19)13-4-3-8-21-13/h13-14,20H,2-12H2,1H3,(H,17,18). The number of hydrogen-bond donors (Lipinski definition) is 2. The third-order valence-corrected chi connectivity index (χ3v) is 4.96. The van der Waals surface area contributed by atoms with Gasteiger partial charge in [0.15, 0.2) is 5.96 Å². The van der Waals surface area contributed by atoms with Gasteiger partial charge >= 0.3 is 0 Å². The van der Waals surface area contributed by atoms with E-state index in [0.29, 0.717) is 6.54 Å². The van der Waals surface area contributed by atoms with E-state index in [0.717, 1.165) is 64.5 Å². The number of nitrogens with zero attached hydrogens (tertiary/aromatic N) is 2. The lowest BCUT2D eigenvalue weighted by molar-refractivity contribution is -0.0817. The summed E-state index contributed by atoms with van der Waals surface area (Å²) in [6.07, 6.45) is 4.80. The fourth-order valence-electron chi connectivity index (χ4n) is 3.20. The molecule has 0 aromatic rings. The lowest BCUT2D eigenvalue weighted by Crippen LogP contribution is -2.53. The first-order valence-corrected chi connectivity index (χ1v) is 8.64. The molecule has 0 radical (unpaired) electrons. The van der Waals surface area contributed by atoms with Crippen molar-refractivity contribution in [2.45, 2.75) is 44.8 Å². The van der Waals surface area contributed by atoms with Crippen molar-refractivity contribution in [3.8, 4) is 0 Å². The van der Waals surface area contributed by atoms with E-state index in [4.69, 9.17) is 14.5 Å². The summed E-state index contributed by atoms with van der Waals surface area (Å²) >= 11 is 0. The molecule has 1 saturated carbocycles. The average Bonchev–Trinajstić information content (AvgIpc) is 3.13. The third kappa shape index (κ3) is 3.73. The van der Waals surface area contributed by atoms with Gasteiger partial charge in [0.25, 0.3) is 0 Å². The largest absolute Gasteiger partial charge is 0.396 e. The summed E-state index contributed by atoms with van der Waals surface area (Å²) in [6, 6.07) is 0. The first kappa shape index (κ1) is 16.0.